The van der Waals surface area contributed by atoms with E-state index in [9.17, 15) is 9.59 Å². The number of fused-ring (bicyclic) bond motifs is 1. The zero-order valence-corrected chi connectivity index (χ0v) is 17.6. The number of urea groups is 1. The zero-order chi connectivity index (χ0) is 20.1. The molecule has 1 saturated heterocycles. The van der Waals surface area contributed by atoms with Gasteiger partial charge in [0.1, 0.15) is 18.1 Å². The first-order valence-electron chi connectivity index (χ1n) is 9.81. The summed E-state index contributed by atoms with van der Waals surface area (Å²) in [6.07, 6.45) is 0.608. The van der Waals surface area contributed by atoms with Gasteiger partial charge >= 0.3 is 12.0 Å². The predicted octanol–water partition coefficient (Wildman–Crippen LogP) is 0.813. The molecule has 0 bridgehead atoms. The largest absolute Gasteiger partial charge is 0.462 e. The van der Waals surface area contributed by atoms with Gasteiger partial charge in [-0.25, -0.2) is 9.59 Å². The fourth-order valence-corrected chi connectivity index (χ4v) is 4.58. The summed E-state index contributed by atoms with van der Waals surface area (Å²) in [5.41, 5.74) is 1.04. The van der Waals surface area contributed by atoms with E-state index >= 15 is 0 Å². The minimum Gasteiger partial charge on any atom is -0.462 e. The van der Waals surface area contributed by atoms with E-state index in [4.69, 9.17) is 14.2 Å². The van der Waals surface area contributed by atoms with Crippen LogP contribution in [-0.4, -0.2) is 63.6 Å². The van der Waals surface area contributed by atoms with Crippen molar-refractivity contribution in [3.05, 3.63) is 16.0 Å². The number of quaternary nitrogens is 1. The lowest BCUT2D eigenvalue weighted by molar-refractivity contribution is -0.906. The van der Waals surface area contributed by atoms with Gasteiger partial charge in [-0.3, -0.25) is 5.32 Å². The third kappa shape index (κ3) is 5.22. The molecule has 0 unspecified atom stereocenters. The Morgan fingerprint density at radius 2 is 2.04 bits per heavy atom. The molecular formula is C19H30N3O5S+. The number of hydrogen-bond acceptors (Lipinski definition) is 6. The van der Waals surface area contributed by atoms with Crippen LogP contribution in [0.4, 0.5) is 9.80 Å². The van der Waals surface area contributed by atoms with Crippen LogP contribution in [0.15, 0.2) is 0 Å². The van der Waals surface area contributed by atoms with Gasteiger partial charge in [0.2, 0.25) is 0 Å². The van der Waals surface area contributed by atoms with E-state index in [2.05, 4.69) is 10.6 Å². The van der Waals surface area contributed by atoms with Crippen LogP contribution in [0.1, 0.15) is 41.6 Å². The molecule has 28 heavy (non-hydrogen) atoms. The van der Waals surface area contributed by atoms with E-state index in [-0.39, 0.29) is 18.2 Å². The Bertz CT molecular complexity index is 713. The molecule has 3 rings (SSSR count). The summed E-state index contributed by atoms with van der Waals surface area (Å²) >= 11 is 1.39. The number of hydrogen-bond donors (Lipinski definition) is 3. The van der Waals surface area contributed by atoms with Crippen LogP contribution in [0.25, 0.3) is 0 Å². The number of esters is 1. The quantitative estimate of drug-likeness (QED) is 0.602. The SMILES string of the molecule is CCOC(=O)c1c(NC(=O)NCC[NH+]2CCOCC2)sc2c1CC(C)(C)OC2. The summed E-state index contributed by atoms with van der Waals surface area (Å²) in [6, 6.07) is -0.308. The lowest BCUT2D eigenvalue weighted by Crippen LogP contribution is -3.14. The van der Waals surface area contributed by atoms with Crippen LogP contribution in [0.2, 0.25) is 0 Å². The molecule has 0 aromatic carbocycles. The van der Waals surface area contributed by atoms with Gasteiger partial charge in [-0.15, -0.1) is 11.3 Å². The van der Waals surface area contributed by atoms with E-state index < -0.39 is 5.97 Å². The first kappa shape index (κ1) is 21.0. The molecule has 0 spiro atoms. The number of amides is 2. The predicted molar refractivity (Wildman–Crippen MR) is 106 cm³/mol. The lowest BCUT2D eigenvalue weighted by atomic mass is 9.93. The monoisotopic (exact) mass is 412 g/mol. The van der Waals surface area contributed by atoms with Crippen molar-refractivity contribution in [3.63, 3.8) is 0 Å². The molecule has 0 radical (unpaired) electrons. The zero-order valence-electron chi connectivity index (χ0n) is 16.8. The lowest BCUT2D eigenvalue weighted by Gasteiger charge is -2.30. The summed E-state index contributed by atoms with van der Waals surface area (Å²) in [4.78, 5) is 27.4. The highest BCUT2D eigenvalue weighted by atomic mass is 32.1. The molecule has 1 aromatic heterocycles. The summed E-state index contributed by atoms with van der Waals surface area (Å²) < 4.78 is 16.4. The molecule has 2 aliphatic rings. The second-order valence-electron chi connectivity index (χ2n) is 7.65. The fourth-order valence-electron chi connectivity index (χ4n) is 3.47. The van der Waals surface area contributed by atoms with Crippen molar-refractivity contribution in [1.29, 1.82) is 0 Å². The van der Waals surface area contributed by atoms with Crippen molar-refractivity contribution in [3.8, 4) is 0 Å². The van der Waals surface area contributed by atoms with Crippen LogP contribution in [-0.2, 0) is 27.2 Å². The van der Waals surface area contributed by atoms with Gasteiger partial charge in [-0.1, -0.05) is 0 Å². The van der Waals surface area contributed by atoms with Gasteiger partial charge in [0.05, 0.1) is 50.7 Å². The number of anilines is 1. The molecule has 0 aliphatic carbocycles. The average Bonchev–Trinajstić information content (AvgIpc) is 2.98. The molecule has 3 N–H and O–H groups in total. The maximum Gasteiger partial charge on any atom is 0.341 e. The molecule has 0 saturated carbocycles. The Hall–Kier alpha value is -1.68. The first-order chi connectivity index (χ1) is 13.4. The highest BCUT2D eigenvalue weighted by molar-refractivity contribution is 7.17. The Morgan fingerprint density at radius 3 is 2.75 bits per heavy atom. The standard InChI is InChI=1S/C19H29N3O5S/c1-4-26-17(23)15-13-11-19(2,3)27-12-14(13)28-16(15)21-18(24)20-5-6-22-7-9-25-10-8-22/h4-12H2,1-3H3,(H2,20,21,24)/p+1. The Balaban J connectivity index is 1.66. The maximum atomic E-state index is 12.6. The Morgan fingerprint density at radius 1 is 1.29 bits per heavy atom. The summed E-state index contributed by atoms with van der Waals surface area (Å²) in [5.74, 6) is -0.397. The number of carbonyl (C=O) groups is 2. The van der Waals surface area contributed by atoms with E-state index in [0.29, 0.717) is 30.1 Å². The third-order valence-electron chi connectivity index (χ3n) is 4.96. The van der Waals surface area contributed by atoms with Gasteiger partial charge in [0.15, 0.2) is 0 Å². The van der Waals surface area contributed by atoms with Crippen molar-refractivity contribution in [2.24, 2.45) is 0 Å². The van der Waals surface area contributed by atoms with Crippen molar-refractivity contribution in [1.82, 2.24) is 5.32 Å². The second-order valence-corrected chi connectivity index (χ2v) is 8.75. The molecular weight excluding hydrogens is 382 g/mol. The van der Waals surface area contributed by atoms with Crippen molar-refractivity contribution in [2.75, 3.05) is 51.3 Å². The van der Waals surface area contributed by atoms with Crippen LogP contribution in [0.5, 0.6) is 0 Å². The van der Waals surface area contributed by atoms with Gasteiger partial charge in [0.25, 0.3) is 0 Å². The molecule has 2 amide bonds. The van der Waals surface area contributed by atoms with Crippen LogP contribution in [0.3, 0.4) is 0 Å². The number of carbonyl (C=O) groups excluding carboxylic acids is 2. The summed E-state index contributed by atoms with van der Waals surface area (Å²) in [5, 5.41) is 6.26. The van der Waals surface area contributed by atoms with Crippen LogP contribution in [0, 0.1) is 0 Å². The number of morpholine rings is 1. The third-order valence-corrected chi connectivity index (χ3v) is 6.08. The molecule has 0 atom stereocenters. The van der Waals surface area contributed by atoms with Gasteiger partial charge in [0, 0.05) is 11.3 Å². The summed E-state index contributed by atoms with van der Waals surface area (Å²) in [7, 11) is 0. The number of rotatable bonds is 6. The molecule has 2 aliphatic heterocycles. The minimum atomic E-state index is -0.397. The molecule has 1 aromatic rings. The van der Waals surface area contributed by atoms with Crippen molar-refractivity contribution < 1.29 is 28.7 Å². The highest BCUT2D eigenvalue weighted by Gasteiger charge is 2.34. The average molecular weight is 413 g/mol. The molecule has 1 fully saturated rings. The van der Waals surface area contributed by atoms with Crippen molar-refractivity contribution in [2.45, 2.75) is 39.4 Å². The van der Waals surface area contributed by atoms with E-state index in [0.717, 1.165) is 43.3 Å². The van der Waals surface area contributed by atoms with E-state index in [1.807, 2.05) is 13.8 Å². The Labute approximate surface area is 169 Å². The van der Waals surface area contributed by atoms with Gasteiger partial charge in [-0.2, -0.15) is 0 Å². The molecule has 3 heterocycles. The first-order valence-corrected chi connectivity index (χ1v) is 10.6. The van der Waals surface area contributed by atoms with Gasteiger partial charge < -0.3 is 24.4 Å². The number of nitrogens with one attached hydrogen (secondary N) is 3. The molecule has 8 nitrogen and oxygen atoms in total. The highest BCUT2D eigenvalue weighted by Crippen LogP contribution is 2.40. The number of ether oxygens (including phenoxy) is 3. The van der Waals surface area contributed by atoms with E-state index in [1.54, 1.807) is 6.92 Å². The number of thiophene rings is 1. The molecule has 9 heteroatoms. The van der Waals surface area contributed by atoms with Gasteiger partial charge in [-0.05, 0) is 26.3 Å². The molecule has 156 valence electrons. The Kier molecular flexibility index (Phi) is 6.92. The summed E-state index contributed by atoms with van der Waals surface area (Å²) in [6.45, 7) is 11.4. The topological polar surface area (TPSA) is 90.3 Å². The maximum absolute atomic E-state index is 12.6. The van der Waals surface area contributed by atoms with E-state index in [1.165, 1.54) is 16.2 Å². The second kappa shape index (κ2) is 9.21. The van der Waals surface area contributed by atoms with Crippen LogP contribution < -0.4 is 15.5 Å². The fraction of sp³-hybridized carbons (Fsp3) is 0.684. The normalized spacial score (nSPS) is 19.0. The van der Waals surface area contributed by atoms with Crippen LogP contribution >= 0.6 is 11.3 Å². The smallest absolute Gasteiger partial charge is 0.341 e. The van der Waals surface area contributed by atoms with Crippen molar-refractivity contribution >= 4 is 28.3 Å². The minimum absolute atomic E-state index is 0.289.